The summed E-state index contributed by atoms with van der Waals surface area (Å²) in [5.41, 5.74) is 3.63. The third kappa shape index (κ3) is 2.12. The largest absolute Gasteiger partial charge is 0.289 e. The van der Waals surface area contributed by atoms with Crippen LogP contribution in [0.25, 0.3) is 10.8 Å². The second-order valence-corrected chi connectivity index (χ2v) is 5.16. The van der Waals surface area contributed by atoms with Crippen molar-refractivity contribution in [1.29, 1.82) is 0 Å². The van der Waals surface area contributed by atoms with Crippen molar-refractivity contribution in [3.63, 3.8) is 0 Å². The maximum absolute atomic E-state index is 12.7. The molecule has 0 saturated heterocycles. The van der Waals surface area contributed by atoms with E-state index in [0.29, 0.717) is 0 Å². The summed E-state index contributed by atoms with van der Waals surface area (Å²) in [7, 11) is 0. The van der Waals surface area contributed by atoms with Gasteiger partial charge in [-0.05, 0) is 41.8 Å². The maximum Gasteiger partial charge on any atom is 0.193 e. The number of rotatable bonds is 2. The standard InChI is InChI=1S/C19H16O/c1-13-6-5-7-14(2)18(13)19(20)17-11-10-15-8-3-4-9-16(15)12-17/h3-12H,1-2H3. The van der Waals surface area contributed by atoms with E-state index in [2.05, 4.69) is 6.07 Å². The molecule has 0 amide bonds. The summed E-state index contributed by atoms with van der Waals surface area (Å²) in [6.07, 6.45) is 0. The van der Waals surface area contributed by atoms with Crippen LogP contribution in [0.5, 0.6) is 0 Å². The molecule has 0 aromatic heterocycles. The fourth-order valence-corrected chi connectivity index (χ4v) is 2.65. The van der Waals surface area contributed by atoms with Gasteiger partial charge in [0.2, 0.25) is 0 Å². The van der Waals surface area contributed by atoms with E-state index in [1.54, 1.807) is 0 Å². The van der Waals surface area contributed by atoms with E-state index in [0.717, 1.165) is 33.0 Å². The molecule has 0 radical (unpaired) electrons. The van der Waals surface area contributed by atoms with Gasteiger partial charge in [-0.3, -0.25) is 4.79 Å². The summed E-state index contributed by atoms with van der Waals surface area (Å²) in [5, 5.41) is 2.26. The molecule has 0 unspecified atom stereocenters. The van der Waals surface area contributed by atoms with Gasteiger partial charge in [0.05, 0.1) is 0 Å². The second-order valence-electron chi connectivity index (χ2n) is 5.16. The Bertz CT molecular complexity index is 779. The summed E-state index contributed by atoms with van der Waals surface area (Å²) in [6.45, 7) is 3.97. The van der Waals surface area contributed by atoms with Gasteiger partial charge in [-0.2, -0.15) is 0 Å². The van der Waals surface area contributed by atoms with Crippen molar-refractivity contribution in [2.24, 2.45) is 0 Å². The number of ketones is 1. The van der Waals surface area contributed by atoms with E-state index < -0.39 is 0 Å². The lowest BCUT2D eigenvalue weighted by molar-refractivity contribution is 0.103. The number of fused-ring (bicyclic) bond motifs is 1. The number of carbonyl (C=O) groups excluding carboxylic acids is 1. The summed E-state index contributed by atoms with van der Waals surface area (Å²) in [5.74, 6) is 0.103. The van der Waals surface area contributed by atoms with Crippen LogP contribution < -0.4 is 0 Å². The Morgan fingerprint density at radius 1 is 0.750 bits per heavy atom. The van der Waals surface area contributed by atoms with Gasteiger partial charge < -0.3 is 0 Å². The van der Waals surface area contributed by atoms with E-state index >= 15 is 0 Å². The fourth-order valence-electron chi connectivity index (χ4n) is 2.65. The van der Waals surface area contributed by atoms with Crippen molar-refractivity contribution in [2.75, 3.05) is 0 Å². The van der Waals surface area contributed by atoms with Gasteiger partial charge in [0.25, 0.3) is 0 Å². The highest BCUT2D eigenvalue weighted by molar-refractivity contribution is 6.12. The summed E-state index contributed by atoms with van der Waals surface area (Å²) in [6, 6.07) is 20.0. The van der Waals surface area contributed by atoms with Crippen LogP contribution in [0.2, 0.25) is 0 Å². The quantitative estimate of drug-likeness (QED) is 0.611. The topological polar surface area (TPSA) is 17.1 Å². The zero-order valence-electron chi connectivity index (χ0n) is 11.7. The zero-order chi connectivity index (χ0) is 14.1. The van der Waals surface area contributed by atoms with Gasteiger partial charge in [0.15, 0.2) is 5.78 Å². The molecule has 3 rings (SSSR count). The average molecular weight is 260 g/mol. The SMILES string of the molecule is Cc1cccc(C)c1C(=O)c1ccc2ccccc2c1. The molecule has 3 aromatic rings. The number of hydrogen-bond donors (Lipinski definition) is 0. The minimum atomic E-state index is 0.103. The van der Waals surface area contributed by atoms with Gasteiger partial charge in [0, 0.05) is 11.1 Å². The van der Waals surface area contributed by atoms with E-state index in [9.17, 15) is 4.79 Å². The lowest BCUT2D eigenvalue weighted by atomic mass is 9.94. The van der Waals surface area contributed by atoms with E-state index in [1.165, 1.54) is 0 Å². The highest BCUT2D eigenvalue weighted by atomic mass is 16.1. The molecule has 1 nitrogen and oxygen atoms in total. The molecule has 0 fully saturated rings. The van der Waals surface area contributed by atoms with Gasteiger partial charge >= 0.3 is 0 Å². The monoisotopic (exact) mass is 260 g/mol. The van der Waals surface area contributed by atoms with Crippen molar-refractivity contribution >= 4 is 16.6 Å². The third-order valence-corrected chi connectivity index (χ3v) is 3.72. The van der Waals surface area contributed by atoms with E-state index in [4.69, 9.17) is 0 Å². The minimum absolute atomic E-state index is 0.103. The molecule has 20 heavy (non-hydrogen) atoms. The van der Waals surface area contributed by atoms with Gasteiger partial charge in [0.1, 0.15) is 0 Å². The molecule has 1 heteroatoms. The Morgan fingerprint density at radius 2 is 1.40 bits per heavy atom. The first-order chi connectivity index (χ1) is 9.66. The number of carbonyl (C=O) groups is 1. The van der Waals surface area contributed by atoms with Crippen LogP contribution in [-0.4, -0.2) is 5.78 Å². The maximum atomic E-state index is 12.7. The summed E-state index contributed by atoms with van der Waals surface area (Å²) in [4.78, 5) is 12.7. The van der Waals surface area contributed by atoms with Crippen LogP contribution in [0.15, 0.2) is 60.7 Å². The average Bonchev–Trinajstić information content (AvgIpc) is 2.46. The van der Waals surface area contributed by atoms with Crippen molar-refractivity contribution in [3.05, 3.63) is 82.9 Å². The number of aryl methyl sites for hydroxylation is 2. The normalized spacial score (nSPS) is 10.7. The van der Waals surface area contributed by atoms with Crippen LogP contribution in [0.3, 0.4) is 0 Å². The number of hydrogen-bond acceptors (Lipinski definition) is 1. The summed E-state index contributed by atoms with van der Waals surface area (Å²) >= 11 is 0. The predicted molar refractivity (Wildman–Crippen MR) is 83.3 cm³/mol. The molecule has 0 atom stereocenters. The molecule has 0 aliphatic heterocycles. The van der Waals surface area contributed by atoms with Crippen molar-refractivity contribution < 1.29 is 4.79 Å². The van der Waals surface area contributed by atoms with Crippen LogP contribution >= 0.6 is 0 Å². The van der Waals surface area contributed by atoms with Crippen LogP contribution in [0.4, 0.5) is 0 Å². The van der Waals surface area contributed by atoms with Crippen molar-refractivity contribution in [1.82, 2.24) is 0 Å². The lowest BCUT2D eigenvalue weighted by Crippen LogP contribution is -2.06. The van der Waals surface area contributed by atoms with Gasteiger partial charge in [-0.25, -0.2) is 0 Å². The predicted octanol–water partition coefficient (Wildman–Crippen LogP) is 4.69. The molecular formula is C19H16O. The Morgan fingerprint density at radius 3 is 2.10 bits per heavy atom. The minimum Gasteiger partial charge on any atom is -0.289 e. The van der Waals surface area contributed by atoms with Crippen molar-refractivity contribution in [3.8, 4) is 0 Å². The van der Waals surface area contributed by atoms with Crippen LogP contribution in [0, 0.1) is 13.8 Å². The molecule has 0 aliphatic rings. The van der Waals surface area contributed by atoms with Gasteiger partial charge in [-0.15, -0.1) is 0 Å². The highest BCUT2D eigenvalue weighted by Crippen LogP contribution is 2.21. The molecule has 3 aromatic carbocycles. The molecule has 0 bridgehead atoms. The zero-order valence-corrected chi connectivity index (χ0v) is 11.7. The Hall–Kier alpha value is -2.41. The highest BCUT2D eigenvalue weighted by Gasteiger charge is 2.14. The smallest absolute Gasteiger partial charge is 0.193 e. The lowest BCUT2D eigenvalue weighted by Gasteiger charge is -2.09. The molecular weight excluding hydrogens is 244 g/mol. The molecule has 0 N–H and O–H groups in total. The molecule has 0 heterocycles. The Kier molecular flexibility index (Phi) is 3.11. The fraction of sp³-hybridized carbons (Fsp3) is 0.105. The third-order valence-electron chi connectivity index (χ3n) is 3.72. The van der Waals surface area contributed by atoms with Crippen LogP contribution in [0.1, 0.15) is 27.0 Å². The molecule has 98 valence electrons. The van der Waals surface area contributed by atoms with E-state index in [1.807, 2.05) is 68.4 Å². The molecule has 0 aliphatic carbocycles. The molecule has 0 saturated carbocycles. The van der Waals surface area contributed by atoms with Gasteiger partial charge in [-0.1, -0.05) is 54.6 Å². The first-order valence-electron chi connectivity index (χ1n) is 6.76. The number of benzene rings is 3. The van der Waals surface area contributed by atoms with E-state index in [-0.39, 0.29) is 5.78 Å². The Balaban J connectivity index is 2.13. The second kappa shape index (κ2) is 4.93. The first kappa shape index (κ1) is 12.6. The van der Waals surface area contributed by atoms with Crippen LogP contribution in [-0.2, 0) is 0 Å². The van der Waals surface area contributed by atoms with Crippen molar-refractivity contribution in [2.45, 2.75) is 13.8 Å². The Labute approximate surface area is 118 Å². The molecule has 0 spiro atoms. The summed E-state index contributed by atoms with van der Waals surface area (Å²) < 4.78 is 0. The first-order valence-corrected chi connectivity index (χ1v) is 6.76.